The molecule has 3 heteroatoms. The summed E-state index contributed by atoms with van der Waals surface area (Å²) in [7, 11) is 0. The Hall–Kier alpha value is -0.0500. The first-order valence-electron chi connectivity index (χ1n) is 2.98. The van der Waals surface area contributed by atoms with Crippen LogP contribution in [0.2, 0.25) is 0 Å². The molecule has 1 atom stereocenters. The van der Waals surface area contributed by atoms with E-state index < -0.39 is 0 Å². The van der Waals surface area contributed by atoms with Gasteiger partial charge < -0.3 is 4.74 Å². The number of ether oxygens (including phenoxy) is 1. The fraction of sp³-hybridized carbons (Fsp3) is 0.833. The summed E-state index contributed by atoms with van der Waals surface area (Å²) in [4.78, 5) is 10.3. The van der Waals surface area contributed by atoms with Crippen molar-refractivity contribution in [2.45, 2.75) is 31.7 Å². The smallest absolute Gasteiger partial charge is 0.303 e. The van der Waals surface area contributed by atoms with Gasteiger partial charge in [0.05, 0.1) is 0 Å². The van der Waals surface area contributed by atoms with Crippen LogP contribution in [0, 0.1) is 0 Å². The summed E-state index contributed by atoms with van der Waals surface area (Å²) in [6, 6.07) is 0. The molecule has 0 rings (SSSR count). The number of rotatable bonds is 3. The Morgan fingerprint density at radius 2 is 2.33 bits per heavy atom. The lowest BCUT2D eigenvalue weighted by atomic mass is 10.4. The van der Waals surface area contributed by atoms with Gasteiger partial charge in [0.15, 0.2) is 5.01 Å². The molecule has 0 aliphatic carbocycles. The van der Waals surface area contributed by atoms with Gasteiger partial charge in [0.2, 0.25) is 0 Å². The maximum absolute atomic E-state index is 10.3. The summed E-state index contributed by atoms with van der Waals surface area (Å²) < 4.78 is 4.77. The van der Waals surface area contributed by atoms with E-state index in [-0.39, 0.29) is 11.0 Å². The molecule has 0 N–H and O–H groups in total. The molecule has 0 bridgehead atoms. The Balaban J connectivity index is 3.26. The minimum Gasteiger partial charge on any atom is -0.451 e. The summed E-state index contributed by atoms with van der Waals surface area (Å²) in [5.74, 6) is -0.231. The largest absolute Gasteiger partial charge is 0.451 e. The zero-order valence-corrected chi connectivity index (χ0v) is 7.27. The topological polar surface area (TPSA) is 26.3 Å². The van der Waals surface area contributed by atoms with Crippen LogP contribution in [0.5, 0.6) is 0 Å². The van der Waals surface area contributed by atoms with Crippen LogP contribution < -0.4 is 0 Å². The number of halogens is 1. The zero-order valence-electron chi connectivity index (χ0n) is 5.69. The maximum Gasteiger partial charge on any atom is 0.303 e. The van der Waals surface area contributed by atoms with E-state index in [9.17, 15) is 4.79 Å². The van der Waals surface area contributed by atoms with Gasteiger partial charge in [-0.25, -0.2) is 0 Å². The molecule has 0 aliphatic rings. The Labute approximate surface area is 63.7 Å². The Morgan fingerprint density at radius 1 is 1.78 bits per heavy atom. The highest BCUT2D eigenvalue weighted by Crippen LogP contribution is 2.08. The third-order valence-corrected chi connectivity index (χ3v) is 1.45. The predicted molar refractivity (Wildman–Crippen MR) is 39.4 cm³/mol. The average Bonchev–Trinajstić information content (AvgIpc) is 1.63. The average molecular weight is 195 g/mol. The number of hydrogen-bond donors (Lipinski definition) is 0. The van der Waals surface area contributed by atoms with Crippen molar-refractivity contribution < 1.29 is 9.53 Å². The number of alkyl halides is 1. The molecule has 0 heterocycles. The monoisotopic (exact) mass is 194 g/mol. The van der Waals surface area contributed by atoms with Gasteiger partial charge in [0, 0.05) is 6.92 Å². The van der Waals surface area contributed by atoms with E-state index in [1.54, 1.807) is 0 Å². The van der Waals surface area contributed by atoms with Crippen LogP contribution in [-0.2, 0) is 9.53 Å². The molecule has 54 valence electrons. The van der Waals surface area contributed by atoms with Gasteiger partial charge >= 0.3 is 5.97 Å². The normalized spacial score (nSPS) is 12.8. The molecular formula is C6H11BrO2. The van der Waals surface area contributed by atoms with Crippen molar-refractivity contribution in [3.05, 3.63) is 0 Å². The van der Waals surface area contributed by atoms with Crippen molar-refractivity contribution in [2.75, 3.05) is 0 Å². The van der Waals surface area contributed by atoms with Crippen molar-refractivity contribution in [1.29, 1.82) is 0 Å². The highest BCUT2D eigenvalue weighted by molar-refractivity contribution is 9.09. The molecule has 0 spiro atoms. The van der Waals surface area contributed by atoms with Crippen LogP contribution in [0.3, 0.4) is 0 Å². The standard InChI is InChI=1S/C6H11BrO2/c1-3-4-6(7)9-5(2)8/h6H,3-4H2,1-2H3/t6-/m0/s1. The lowest BCUT2D eigenvalue weighted by Gasteiger charge is -2.06. The molecule has 0 unspecified atom stereocenters. The Morgan fingerprint density at radius 3 is 2.67 bits per heavy atom. The van der Waals surface area contributed by atoms with Crippen LogP contribution in [-0.4, -0.2) is 11.0 Å². The molecule has 0 radical (unpaired) electrons. The first-order valence-corrected chi connectivity index (χ1v) is 3.89. The summed E-state index contributed by atoms with van der Waals surface area (Å²) in [6.45, 7) is 3.45. The second-order valence-electron chi connectivity index (χ2n) is 1.81. The Kier molecular flexibility index (Phi) is 4.77. The molecule has 0 fully saturated rings. The number of carbonyl (C=O) groups is 1. The van der Waals surface area contributed by atoms with E-state index in [0.717, 1.165) is 12.8 Å². The van der Waals surface area contributed by atoms with Crippen LogP contribution in [0.15, 0.2) is 0 Å². The van der Waals surface area contributed by atoms with Crippen LogP contribution >= 0.6 is 15.9 Å². The summed E-state index contributed by atoms with van der Waals surface area (Å²) >= 11 is 3.20. The van der Waals surface area contributed by atoms with Gasteiger partial charge in [0.25, 0.3) is 0 Å². The highest BCUT2D eigenvalue weighted by atomic mass is 79.9. The summed E-state index contributed by atoms with van der Waals surface area (Å²) in [5.41, 5.74) is 0. The molecule has 9 heavy (non-hydrogen) atoms. The van der Waals surface area contributed by atoms with Gasteiger partial charge in [-0.2, -0.15) is 0 Å². The van der Waals surface area contributed by atoms with Crippen molar-refractivity contribution in [1.82, 2.24) is 0 Å². The lowest BCUT2D eigenvalue weighted by Crippen LogP contribution is -2.07. The predicted octanol–water partition coefficient (Wildman–Crippen LogP) is 2.07. The van der Waals surface area contributed by atoms with Gasteiger partial charge in [0.1, 0.15) is 0 Å². The minimum atomic E-state index is -0.231. The van der Waals surface area contributed by atoms with Crippen molar-refractivity contribution >= 4 is 21.9 Å². The number of carbonyl (C=O) groups excluding carboxylic acids is 1. The fourth-order valence-electron chi connectivity index (χ4n) is 0.466. The highest BCUT2D eigenvalue weighted by Gasteiger charge is 2.03. The molecule has 0 aromatic carbocycles. The van der Waals surface area contributed by atoms with Crippen LogP contribution in [0.25, 0.3) is 0 Å². The second kappa shape index (κ2) is 4.79. The summed E-state index contributed by atoms with van der Waals surface area (Å²) in [5, 5.41) is -0.0972. The molecule has 0 aromatic rings. The van der Waals surface area contributed by atoms with Gasteiger partial charge in [-0.1, -0.05) is 13.3 Å². The van der Waals surface area contributed by atoms with E-state index in [1.807, 2.05) is 6.92 Å². The minimum absolute atomic E-state index is 0.0972. The first-order chi connectivity index (χ1) is 4.16. The van der Waals surface area contributed by atoms with E-state index in [2.05, 4.69) is 15.9 Å². The third kappa shape index (κ3) is 5.83. The SMILES string of the molecule is CCC[C@@H](Br)OC(C)=O. The molecule has 0 amide bonds. The first kappa shape index (κ1) is 8.95. The van der Waals surface area contributed by atoms with Gasteiger partial charge in [-0.15, -0.1) is 0 Å². The molecule has 2 nitrogen and oxygen atoms in total. The van der Waals surface area contributed by atoms with Gasteiger partial charge in [-0.3, -0.25) is 4.79 Å². The molecule has 0 saturated carbocycles. The van der Waals surface area contributed by atoms with E-state index in [4.69, 9.17) is 4.74 Å². The van der Waals surface area contributed by atoms with E-state index in [1.165, 1.54) is 6.92 Å². The van der Waals surface area contributed by atoms with Crippen molar-refractivity contribution in [2.24, 2.45) is 0 Å². The molecule has 0 aliphatic heterocycles. The fourth-order valence-corrected chi connectivity index (χ4v) is 1.19. The molecular weight excluding hydrogens is 184 g/mol. The lowest BCUT2D eigenvalue weighted by molar-refractivity contribution is -0.142. The van der Waals surface area contributed by atoms with E-state index >= 15 is 0 Å². The van der Waals surface area contributed by atoms with Gasteiger partial charge in [-0.05, 0) is 22.4 Å². The van der Waals surface area contributed by atoms with Crippen molar-refractivity contribution in [3.8, 4) is 0 Å². The summed E-state index contributed by atoms with van der Waals surface area (Å²) in [6.07, 6.45) is 1.89. The van der Waals surface area contributed by atoms with E-state index in [0.29, 0.717) is 0 Å². The molecule has 0 aromatic heterocycles. The van der Waals surface area contributed by atoms with Crippen molar-refractivity contribution in [3.63, 3.8) is 0 Å². The second-order valence-corrected chi connectivity index (χ2v) is 2.83. The number of esters is 1. The third-order valence-electron chi connectivity index (χ3n) is 0.809. The molecule has 0 saturated heterocycles. The zero-order chi connectivity index (χ0) is 7.28. The maximum atomic E-state index is 10.3. The van der Waals surface area contributed by atoms with Crippen LogP contribution in [0.4, 0.5) is 0 Å². The van der Waals surface area contributed by atoms with Crippen LogP contribution in [0.1, 0.15) is 26.7 Å². The number of hydrogen-bond acceptors (Lipinski definition) is 2. The quantitative estimate of drug-likeness (QED) is 0.509. The Bertz CT molecular complexity index is 93.1.